The maximum atomic E-state index is 12.5. The van der Waals surface area contributed by atoms with Gasteiger partial charge in [-0.05, 0) is 26.0 Å². The van der Waals surface area contributed by atoms with Crippen molar-refractivity contribution in [3.63, 3.8) is 0 Å². The van der Waals surface area contributed by atoms with Gasteiger partial charge in [-0.15, -0.1) is 0 Å². The molecule has 0 aliphatic rings. The number of amides is 2. The summed E-state index contributed by atoms with van der Waals surface area (Å²) in [5.41, 5.74) is 1.28. The number of aliphatic hydroxyl groups excluding tert-OH is 2. The molecule has 0 radical (unpaired) electrons. The van der Waals surface area contributed by atoms with E-state index in [0.29, 0.717) is 11.0 Å². The molecule has 0 bridgehead atoms. The second kappa shape index (κ2) is 12.5. The molecule has 4 N–H and O–H groups in total. The van der Waals surface area contributed by atoms with Gasteiger partial charge < -0.3 is 30.3 Å². The highest BCUT2D eigenvalue weighted by molar-refractivity contribution is 5.86. The molecule has 0 saturated carbocycles. The molecule has 12 nitrogen and oxygen atoms in total. The van der Waals surface area contributed by atoms with Crippen molar-refractivity contribution in [2.45, 2.75) is 39.0 Å². The molecule has 2 aromatic rings. The van der Waals surface area contributed by atoms with E-state index in [1.807, 2.05) is 0 Å². The van der Waals surface area contributed by atoms with Gasteiger partial charge in [-0.3, -0.25) is 9.59 Å². The van der Waals surface area contributed by atoms with Crippen LogP contribution in [-0.2, 0) is 41.7 Å². The summed E-state index contributed by atoms with van der Waals surface area (Å²) < 4.78 is 12.8. The lowest BCUT2D eigenvalue weighted by Crippen LogP contribution is -2.50. The van der Waals surface area contributed by atoms with Crippen LogP contribution in [0.1, 0.15) is 13.8 Å². The van der Waals surface area contributed by atoms with Gasteiger partial charge in [0.1, 0.15) is 0 Å². The molecule has 0 saturated heterocycles. The summed E-state index contributed by atoms with van der Waals surface area (Å²) in [6.07, 6.45) is 1.54. The van der Waals surface area contributed by atoms with E-state index in [2.05, 4.69) is 10.6 Å². The van der Waals surface area contributed by atoms with E-state index < -0.39 is 49.1 Å². The first kappa shape index (κ1) is 25.7. The smallest absolute Gasteiger partial charge is 0.331 e. The van der Waals surface area contributed by atoms with E-state index in [0.717, 1.165) is 0 Å². The van der Waals surface area contributed by atoms with Crippen LogP contribution in [0.5, 0.6) is 0 Å². The van der Waals surface area contributed by atoms with Crippen LogP contribution in [0.25, 0.3) is 11.0 Å². The number of benzene rings is 1. The van der Waals surface area contributed by atoms with Crippen molar-refractivity contribution in [3.05, 3.63) is 30.6 Å². The van der Waals surface area contributed by atoms with Gasteiger partial charge in [0.2, 0.25) is 6.33 Å². The number of fused-ring (bicyclic) bond motifs is 1. The van der Waals surface area contributed by atoms with Gasteiger partial charge >= 0.3 is 11.9 Å². The van der Waals surface area contributed by atoms with Gasteiger partial charge in [0.25, 0.3) is 11.8 Å². The lowest BCUT2D eigenvalue weighted by Gasteiger charge is -2.14. The normalized spacial score (nSPS) is 12.6. The molecule has 0 unspecified atom stereocenters. The molecule has 0 spiro atoms. The Kier molecular flexibility index (Phi) is 9.76. The zero-order valence-electron chi connectivity index (χ0n) is 18.5. The lowest BCUT2D eigenvalue weighted by molar-refractivity contribution is -0.659. The molecule has 0 fully saturated rings. The second-order valence-electron chi connectivity index (χ2n) is 6.97. The Balaban J connectivity index is 2.15. The van der Waals surface area contributed by atoms with Crippen LogP contribution in [0, 0.1) is 0 Å². The van der Waals surface area contributed by atoms with Crippen molar-refractivity contribution in [2.24, 2.45) is 0 Å². The van der Waals surface area contributed by atoms with E-state index >= 15 is 0 Å². The molecule has 1 aromatic carbocycles. The van der Waals surface area contributed by atoms with Crippen molar-refractivity contribution in [3.8, 4) is 0 Å². The highest BCUT2D eigenvalue weighted by Crippen LogP contribution is 2.10. The van der Waals surface area contributed by atoms with Gasteiger partial charge in [-0.25, -0.2) is 18.7 Å². The standard InChI is InChI=1S/C21H28N4O8/c1-3-32-20(30)14(11-26)22-18(28)9-24-13-25(17-8-6-5-7-16(17)24)10-19(29)23-15(12-27)21(31)33-4-2/h5-8,13-15,26-27H,3-4,9-12H2,1-2H3,(H-,22,23,28,29)/p+1/t14-,15-/m0/s1. The summed E-state index contributed by atoms with van der Waals surface area (Å²) in [5.74, 6) is -2.56. The fourth-order valence-electron chi connectivity index (χ4n) is 3.13. The molecular formula is C21H29N4O8+. The van der Waals surface area contributed by atoms with E-state index in [1.54, 1.807) is 53.6 Å². The first-order valence-corrected chi connectivity index (χ1v) is 10.5. The van der Waals surface area contributed by atoms with Gasteiger partial charge in [0, 0.05) is 0 Å². The Labute approximate surface area is 190 Å². The number of aromatic nitrogens is 2. The largest absolute Gasteiger partial charge is 0.464 e. The van der Waals surface area contributed by atoms with Crippen LogP contribution in [0.3, 0.4) is 0 Å². The summed E-state index contributed by atoms with van der Waals surface area (Å²) in [7, 11) is 0. The first-order chi connectivity index (χ1) is 15.8. The van der Waals surface area contributed by atoms with Gasteiger partial charge in [-0.1, -0.05) is 12.1 Å². The molecular weight excluding hydrogens is 436 g/mol. The molecule has 1 aromatic heterocycles. The SMILES string of the molecule is CCOC(=O)[C@H](CO)NC(=O)Cn1c[n+](CC(=O)N[C@@H](CO)C(=O)OCC)c2ccccc21. The van der Waals surface area contributed by atoms with Crippen LogP contribution in [0.2, 0.25) is 0 Å². The van der Waals surface area contributed by atoms with Crippen molar-refractivity contribution >= 4 is 34.8 Å². The average molecular weight is 465 g/mol. The van der Waals surface area contributed by atoms with Crippen LogP contribution in [0.15, 0.2) is 30.6 Å². The van der Waals surface area contributed by atoms with Crippen LogP contribution in [0.4, 0.5) is 0 Å². The summed E-state index contributed by atoms with van der Waals surface area (Å²) in [4.78, 5) is 48.5. The Bertz CT molecular complexity index is 914. The van der Waals surface area contributed by atoms with E-state index in [4.69, 9.17) is 9.47 Å². The predicted molar refractivity (Wildman–Crippen MR) is 113 cm³/mol. The third-order valence-electron chi connectivity index (χ3n) is 4.59. The third kappa shape index (κ3) is 6.99. The monoisotopic (exact) mass is 465 g/mol. The summed E-state index contributed by atoms with van der Waals surface area (Å²) in [6, 6.07) is 4.66. The number of para-hydroxylation sites is 2. The number of rotatable bonds is 12. The number of ether oxygens (including phenoxy) is 2. The quantitative estimate of drug-likeness (QED) is 0.207. The van der Waals surface area contributed by atoms with Gasteiger partial charge in [0.05, 0.1) is 26.4 Å². The van der Waals surface area contributed by atoms with Crippen molar-refractivity contribution < 1.29 is 43.4 Å². The maximum absolute atomic E-state index is 12.5. The predicted octanol–water partition coefficient (Wildman–Crippen LogP) is -1.99. The number of imidazole rings is 1. The van der Waals surface area contributed by atoms with Crippen LogP contribution >= 0.6 is 0 Å². The van der Waals surface area contributed by atoms with Crippen molar-refractivity contribution in [1.82, 2.24) is 15.2 Å². The molecule has 33 heavy (non-hydrogen) atoms. The number of aliphatic hydroxyl groups is 2. The third-order valence-corrected chi connectivity index (χ3v) is 4.59. The molecule has 2 rings (SSSR count). The Morgan fingerprint density at radius 3 is 2.03 bits per heavy atom. The maximum Gasteiger partial charge on any atom is 0.331 e. The minimum absolute atomic E-state index is 0.114. The Hall–Kier alpha value is -3.51. The van der Waals surface area contributed by atoms with E-state index in [1.165, 1.54) is 0 Å². The Morgan fingerprint density at radius 1 is 0.939 bits per heavy atom. The fraction of sp³-hybridized carbons (Fsp3) is 0.476. The molecule has 2 atom stereocenters. The van der Waals surface area contributed by atoms with Gasteiger partial charge in [0.15, 0.2) is 36.2 Å². The number of carbonyl (C=O) groups is 4. The van der Waals surface area contributed by atoms with Crippen LogP contribution in [-0.4, -0.2) is 77.0 Å². The minimum Gasteiger partial charge on any atom is -0.464 e. The number of hydrogen-bond acceptors (Lipinski definition) is 8. The number of carbonyl (C=O) groups excluding carboxylic acids is 4. The summed E-state index contributed by atoms with van der Waals surface area (Å²) in [6.45, 7) is 1.87. The van der Waals surface area contributed by atoms with Crippen molar-refractivity contribution in [2.75, 3.05) is 26.4 Å². The molecule has 2 amide bonds. The number of hydrogen-bond donors (Lipinski definition) is 4. The van der Waals surface area contributed by atoms with E-state index in [9.17, 15) is 29.4 Å². The minimum atomic E-state index is -1.18. The zero-order chi connectivity index (χ0) is 24.4. The van der Waals surface area contributed by atoms with E-state index in [-0.39, 0.29) is 26.3 Å². The molecule has 0 aliphatic heterocycles. The molecule has 180 valence electrons. The number of esters is 2. The second-order valence-corrected chi connectivity index (χ2v) is 6.97. The lowest BCUT2D eigenvalue weighted by atomic mass is 10.3. The summed E-state index contributed by atoms with van der Waals surface area (Å²) >= 11 is 0. The van der Waals surface area contributed by atoms with Crippen LogP contribution < -0.4 is 15.2 Å². The highest BCUT2D eigenvalue weighted by Gasteiger charge is 2.26. The average Bonchev–Trinajstić information content (AvgIpc) is 3.12. The van der Waals surface area contributed by atoms with Crippen molar-refractivity contribution in [1.29, 1.82) is 0 Å². The molecule has 1 heterocycles. The molecule has 0 aliphatic carbocycles. The first-order valence-electron chi connectivity index (χ1n) is 10.5. The topological polar surface area (TPSA) is 160 Å². The van der Waals surface area contributed by atoms with Gasteiger partial charge in [-0.2, -0.15) is 0 Å². The molecule has 12 heteroatoms. The summed E-state index contributed by atoms with van der Waals surface area (Å²) in [5, 5.41) is 23.6. The number of nitrogens with zero attached hydrogens (tertiary/aromatic N) is 2. The Morgan fingerprint density at radius 2 is 1.48 bits per heavy atom. The number of nitrogens with one attached hydrogen (secondary N) is 2. The fourth-order valence-corrected chi connectivity index (χ4v) is 3.13. The highest BCUT2D eigenvalue weighted by atomic mass is 16.5. The zero-order valence-corrected chi connectivity index (χ0v) is 18.5.